The molecule has 0 spiro atoms. The lowest BCUT2D eigenvalue weighted by atomic mass is 10.2. The maximum absolute atomic E-state index is 12.9. The molecule has 170 valence electrons. The van der Waals surface area contributed by atoms with E-state index in [1.807, 2.05) is 0 Å². The lowest BCUT2D eigenvalue weighted by Gasteiger charge is -2.13. The van der Waals surface area contributed by atoms with Gasteiger partial charge in [0.15, 0.2) is 9.84 Å². The molecule has 0 bridgehead atoms. The lowest BCUT2D eigenvalue weighted by Crippen LogP contribution is -2.29. The van der Waals surface area contributed by atoms with Crippen LogP contribution in [0.15, 0.2) is 63.3 Å². The van der Waals surface area contributed by atoms with Crippen LogP contribution < -0.4 is 10.0 Å². The first-order valence-electron chi connectivity index (χ1n) is 10.2. The number of sulfonamides is 1. The number of hydrogen-bond acceptors (Lipinski definition) is 7. The lowest BCUT2D eigenvalue weighted by molar-refractivity contribution is 0.102. The number of amidine groups is 1. The van der Waals surface area contributed by atoms with E-state index in [2.05, 4.69) is 15.0 Å². The van der Waals surface area contributed by atoms with Crippen molar-refractivity contribution in [2.75, 3.05) is 23.4 Å². The van der Waals surface area contributed by atoms with Crippen LogP contribution in [0.5, 0.6) is 0 Å². The molecule has 0 aliphatic carbocycles. The van der Waals surface area contributed by atoms with Gasteiger partial charge in [-0.3, -0.25) is 14.5 Å². The van der Waals surface area contributed by atoms with Crippen LogP contribution in [0.3, 0.4) is 0 Å². The summed E-state index contributed by atoms with van der Waals surface area (Å²) in [6.45, 7) is 0.609. The Hall–Kier alpha value is -2.37. The SMILES string of the molecule is O=C(Nc1cccc(S(=O)(=O)NC2=NCCC2)c1)c1ccccc1S[C@H]1CCS(=O)(=O)C1. The predicted octanol–water partition coefficient (Wildman–Crippen LogP) is 2.69. The molecule has 2 aliphatic heterocycles. The molecule has 2 aromatic carbocycles. The van der Waals surface area contributed by atoms with Crippen LogP contribution >= 0.6 is 11.8 Å². The molecule has 0 saturated carbocycles. The smallest absolute Gasteiger partial charge is 0.262 e. The first-order valence-corrected chi connectivity index (χ1v) is 14.3. The Morgan fingerprint density at radius 2 is 1.94 bits per heavy atom. The third kappa shape index (κ3) is 5.51. The Bertz CT molecular complexity index is 1270. The molecule has 0 unspecified atom stereocenters. The normalized spacial score (nSPS) is 20.0. The summed E-state index contributed by atoms with van der Waals surface area (Å²) in [5, 5.41) is 2.66. The number of thioether (sulfide) groups is 1. The van der Waals surface area contributed by atoms with Gasteiger partial charge in [-0.1, -0.05) is 18.2 Å². The van der Waals surface area contributed by atoms with Crippen molar-refractivity contribution in [2.24, 2.45) is 4.99 Å². The van der Waals surface area contributed by atoms with Crippen molar-refractivity contribution < 1.29 is 21.6 Å². The Labute approximate surface area is 191 Å². The highest BCUT2D eigenvalue weighted by atomic mass is 32.2. The van der Waals surface area contributed by atoms with Gasteiger partial charge in [-0.2, -0.15) is 0 Å². The molecule has 2 aliphatic rings. The summed E-state index contributed by atoms with van der Waals surface area (Å²) in [5.74, 6) is 0.322. The number of hydrogen-bond donors (Lipinski definition) is 2. The molecule has 11 heteroatoms. The minimum absolute atomic E-state index is 0.0312. The molecule has 0 radical (unpaired) electrons. The van der Waals surface area contributed by atoms with Crippen LogP contribution in [0.4, 0.5) is 5.69 Å². The Balaban J connectivity index is 1.49. The van der Waals surface area contributed by atoms with E-state index < -0.39 is 25.8 Å². The van der Waals surface area contributed by atoms with Gasteiger partial charge < -0.3 is 5.32 Å². The van der Waals surface area contributed by atoms with E-state index in [0.717, 1.165) is 6.42 Å². The number of nitrogens with one attached hydrogen (secondary N) is 2. The molecule has 8 nitrogen and oxygen atoms in total. The van der Waals surface area contributed by atoms with Crippen LogP contribution in [0.2, 0.25) is 0 Å². The number of carbonyl (C=O) groups excluding carboxylic acids is 1. The zero-order valence-electron chi connectivity index (χ0n) is 17.2. The third-order valence-corrected chi connectivity index (χ3v) is 9.85. The Kier molecular flexibility index (Phi) is 6.59. The van der Waals surface area contributed by atoms with Crippen LogP contribution in [-0.4, -0.2) is 51.9 Å². The quantitative estimate of drug-likeness (QED) is 0.638. The Morgan fingerprint density at radius 3 is 2.66 bits per heavy atom. The van der Waals surface area contributed by atoms with E-state index in [1.165, 1.54) is 23.9 Å². The largest absolute Gasteiger partial charge is 0.322 e. The van der Waals surface area contributed by atoms with Crippen molar-refractivity contribution in [2.45, 2.75) is 34.3 Å². The molecule has 0 aromatic heterocycles. The molecular formula is C21H23N3O5S3. The van der Waals surface area contributed by atoms with Crippen LogP contribution in [-0.2, 0) is 19.9 Å². The minimum Gasteiger partial charge on any atom is -0.322 e. The summed E-state index contributed by atoms with van der Waals surface area (Å²) in [4.78, 5) is 17.8. The third-order valence-electron chi connectivity index (χ3n) is 5.14. The van der Waals surface area contributed by atoms with Gasteiger partial charge >= 0.3 is 0 Å². The van der Waals surface area contributed by atoms with Crippen LogP contribution in [0, 0.1) is 0 Å². The molecule has 1 saturated heterocycles. The highest BCUT2D eigenvalue weighted by molar-refractivity contribution is 8.02. The minimum atomic E-state index is -3.79. The molecule has 32 heavy (non-hydrogen) atoms. The van der Waals surface area contributed by atoms with Gasteiger partial charge in [-0.15, -0.1) is 11.8 Å². The second kappa shape index (κ2) is 9.24. The standard InChI is InChI=1S/C21H23N3O5S3/c25-21(18-7-1-2-8-19(18)30-16-10-12-31(26,27)14-16)23-15-5-3-6-17(13-15)32(28,29)24-20-9-4-11-22-20/h1-3,5-8,13,16H,4,9-12,14H2,(H,22,24)(H,23,25)/t16-/m0/s1. The number of nitrogens with zero attached hydrogens (tertiary/aromatic N) is 1. The summed E-state index contributed by atoms with van der Waals surface area (Å²) < 4.78 is 51.3. The monoisotopic (exact) mass is 493 g/mol. The highest BCUT2D eigenvalue weighted by Crippen LogP contribution is 2.33. The fourth-order valence-electron chi connectivity index (χ4n) is 3.57. The molecule has 1 fully saturated rings. The predicted molar refractivity (Wildman–Crippen MR) is 126 cm³/mol. The fraction of sp³-hybridized carbons (Fsp3) is 0.333. The van der Waals surface area contributed by atoms with Crippen LogP contribution in [0.1, 0.15) is 29.6 Å². The van der Waals surface area contributed by atoms with Gasteiger partial charge in [-0.25, -0.2) is 16.8 Å². The van der Waals surface area contributed by atoms with Crippen molar-refractivity contribution >= 4 is 49.1 Å². The highest BCUT2D eigenvalue weighted by Gasteiger charge is 2.29. The van der Waals surface area contributed by atoms with Crippen molar-refractivity contribution in [1.82, 2.24) is 4.72 Å². The average Bonchev–Trinajstić information content (AvgIpc) is 3.37. The number of benzene rings is 2. The van der Waals surface area contributed by atoms with Gasteiger partial charge in [0.05, 0.1) is 22.0 Å². The number of aliphatic imine (C=N–C) groups is 1. The number of amides is 1. The second-order valence-corrected chi connectivity index (χ2v) is 12.9. The van der Waals surface area contributed by atoms with E-state index in [0.29, 0.717) is 41.4 Å². The molecule has 2 N–H and O–H groups in total. The van der Waals surface area contributed by atoms with E-state index in [4.69, 9.17) is 0 Å². The first-order chi connectivity index (χ1) is 15.2. The first kappa shape index (κ1) is 22.8. The van der Waals surface area contributed by atoms with E-state index in [-0.39, 0.29) is 21.7 Å². The number of carbonyl (C=O) groups is 1. The number of rotatable bonds is 6. The average molecular weight is 494 g/mol. The van der Waals surface area contributed by atoms with Crippen molar-refractivity contribution in [3.05, 3.63) is 54.1 Å². The van der Waals surface area contributed by atoms with Crippen LogP contribution in [0.25, 0.3) is 0 Å². The topological polar surface area (TPSA) is 122 Å². The van der Waals surface area contributed by atoms with Gasteiger partial charge in [0.2, 0.25) is 0 Å². The van der Waals surface area contributed by atoms with Gasteiger partial charge in [-0.05, 0) is 43.2 Å². The number of anilines is 1. The molecule has 4 rings (SSSR count). The summed E-state index contributed by atoms with van der Waals surface area (Å²) >= 11 is 1.39. The number of sulfone groups is 1. The molecule has 2 aromatic rings. The maximum atomic E-state index is 12.9. The molecule has 2 heterocycles. The van der Waals surface area contributed by atoms with Gasteiger partial charge in [0.25, 0.3) is 15.9 Å². The maximum Gasteiger partial charge on any atom is 0.262 e. The zero-order valence-corrected chi connectivity index (χ0v) is 19.6. The van der Waals surface area contributed by atoms with Crippen molar-refractivity contribution in [1.29, 1.82) is 0 Å². The van der Waals surface area contributed by atoms with Crippen molar-refractivity contribution in [3.63, 3.8) is 0 Å². The van der Waals surface area contributed by atoms with E-state index in [1.54, 1.807) is 36.4 Å². The molecule has 1 atom stereocenters. The zero-order chi connectivity index (χ0) is 22.8. The van der Waals surface area contributed by atoms with Crippen molar-refractivity contribution in [3.8, 4) is 0 Å². The summed E-state index contributed by atoms with van der Waals surface area (Å²) in [5.41, 5.74) is 0.753. The van der Waals surface area contributed by atoms with E-state index >= 15 is 0 Å². The molecular weight excluding hydrogens is 470 g/mol. The molecule has 1 amide bonds. The van der Waals surface area contributed by atoms with Gasteiger partial charge in [0.1, 0.15) is 5.84 Å². The summed E-state index contributed by atoms with van der Waals surface area (Å²) in [6.07, 6.45) is 1.96. The summed E-state index contributed by atoms with van der Waals surface area (Å²) in [7, 11) is -6.81. The second-order valence-electron chi connectivity index (χ2n) is 7.66. The van der Waals surface area contributed by atoms with E-state index in [9.17, 15) is 21.6 Å². The summed E-state index contributed by atoms with van der Waals surface area (Å²) in [6, 6.07) is 13.0. The fourth-order valence-corrected chi connectivity index (χ4v) is 8.33. The Morgan fingerprint density at radius 1 is 1.12 bits per heavy atom. The van der Waals surface area contributed by atoms with Gasteiger partial charge in [0, 0.05) is 28.8 Å².